The van der Waals surface area contributed by atoms with E-state index < -0.39 is 0 Å². The summed E-state index contributed by atoms with van der Waals surface area (Å²) in [5.41, 5.74) is 0.842. The van der Waals surface area contributed by atoms with Gasteiger partial charge in [-0.15, -0.1) is 0 Å². The van der Waals surface area contributed by atoms with Gasteiger partial charge in [-0.3, -0.25) is 9.78 Å². The molecule has 1 saturated carbocycles. The summed E-state index contributed by atoms with van der Waals surface area (Å²) < 4.78 is 12.0. The molecule has 3 fully saturated rings. The van der Waals surface area contributed by atoms with Gasteiger partial charge in [-0.25, -0.2) is 0 Å². The molecule has 0 N–H and O–H groups in total. The molecule has 0 aromatic carbocycles. The molecule has 2 saturated heterocycles. The first-order chi connectivity index (χ1) is 11.8. The van der Waals surface area contributed by atoms with Crippen LogP contribution < -0.4 is 0 Å². The summed E-state index contributed by atoms with van der Waals surface area (Å²) >= 11 is 0. The Kier molecular flexibility index (Phi) is 4.81. The lowest BCUT2D eigenvalue weighted by Crippen LogP contribution is -2.46. The molecule has 3 heterocycles. The lowest BCUT2D eigenvalue weighted by Gasteiger charge is -2.36. The summed E-state index contributed by atoms with van der Waals surface area (Å²) in [6.07, 6.45) is 8.11. The zero-order valence-electron chi connectivity index (χ0n) is 14.1. The van der Waals surface area contributed by atoms with Gasteiger partial charge >= 0.3 is 0 Å². The molecule has 3 atom stereocenters. The van der Waals surface area contributed by atoms with E-state index in [1.54, 1.807) is 6.20 Å². The van der Waals surface area contributed by atoms with E-state index in [0.717, 1.165) is 44.0 Å². The fraction of sp³-hybridized carbons (Fsp3) is 0.684. The molecular formula is C19H26N2O3. The van der Waals surface area contributed by atoms with Crippen molar-refractivity contribution in [1.29, 1.82) is 0 Å². The van der Waals surface area contributed by atoms with Crippen LogP contribution >= 0.6 is 0 Å². The molecule has 1 aliphatic carbocycles. The Hall–Kier alpha value is -1.46. The Morgan fingerprint density at radius 3 is 2.92 bits per heavy atom. The minimum absolute atomic E-state index is 0.174. The number of likely N-dealkylation sites (tertiary alicyclic amines) is 1. The third kappa shape index (κ3) is 3.78. The van der Waals surface area contributed by atoms with Crippen molar-refractivity contribution in [3.8, 4) is 0 Å². The van der Waals surface area contributed by atoms with Crippen LogP contribution in [-0.4, -0.2) is 53.8 Å². The quantitative estimate of drug-likeness (QED) is 0.802. The molecule has 2 aliphatic heterocycles. The number of aromatic nitrogens is 1. The van der Waals surface area contributed by atoms with E-state index in [-0.39, 0.29) is 24.2 Å². The van der Waals surface area contributed by atoms with E-state index in [1.165, 1.54) is 12.8 Å². The largest absolute Gasteiger partial charge is 0.378 e. The molecule has 5 nitrogen and oxygen atoms in total. The van der Waals surface area contributed by atoms with Gasteiger partial charge in [0.05, 0.1) is 31.3 Å². The molecule has 1 amide bonds. The smallest absolute Gasteiger partial charge is 0.228 e. The minimum atomic E-state index is 0.174. The molecule has 1 unspecified atom stereocenters. The van der Waals surface area contributed by atoms with E-state index in [1.807, 2.05) is 23.1 Å². The highest BCUT2D eigenvalue weighted by molar-refractivity contribution is 5.79. The second-order valence-electron chi connectivity index (χ2n) is 7.30. The van der Waals surface area contributed by atoms with Gasteiger partial charge in [-0.05, 0) is 50.2 Å². The molecule has 5 heteroatoms. The van der Waals surface area contributed by atoms with E-state index in [2.05, 4.69) is 4.98 Å². The summed E-state index contributed by atoms with van der Waals surface area (Å²) in [4.78, 5) is 18.9. The van der Waals surface area contributed by atoms with Crippen LogP contribution in [0, 0.1) is 5.92 Å². The molecule has 0 spiro atoms. The standard InChI is InChI=1S/C19H26N2O3/c22-19(11-15-3-1-2-9-20-15)21-10-8-18-17(21)7-6-16(24-18)13-23-12-14-4-5-14/h1-3,9,14,16-18H,4-8,10-13H2/t16?,17-,18-/m0/s1. The number of nitrogens with zero attached hydrogens (tertiary/aromatic N) is 2. The van der Waals surface area contributed by atoms with Crippen LogP contribution in [0.4, 0.5) is 0 Å². The number of carbonyl (C=O) groups is 1. The summed E-state index contributed by atoms with van der Waals surface area (Å²) in [6, 6.07) is 5.95. The molecule has 0 radical (unpaired) electrons. The lowest BCUT2D eigenvalue weighted by molar-refractivity contribution is -0.138. The molecule has 0 bridgehead atoms. The number of pyridine rings is 1. The Labute approximate surface area is 143 Å². The monoisotopic (exact) mass is 330 g/mol. The Bertz CT molecular complexity index is 561. The maximum Gasteiger partial charge on any atom is 0.228 e. The van der Waals surface area contributed by atoms with Crippen LogP contribution in [0.15, 0.2) is 24.4 Å². The summed E-state index contributed by atoms with van der Waals surface area (Å²) in [7, 11) is 0. The maximum absolute atomic E-state index is 12.6. The van der Waals surface area contributed by atoms with E-state index in [0.29, 0.717) is 13.0 Å². The van der Waals surface area contributed by atoms with Gasteiger partial charge in [0.15, 0.2) is 0 Å². The van der Waals surface area contributed by atoms with Crippen molar-refractivity contribution in [2.45, 2.75) is 56.8 Å². The second-order valence-corrected chi connectivity index (χ2v) is 7.30. The van der Waals surface area contributed by atoms with Crippen LogP contribution in [0.2, 0.25) is 0 Å². The van der Waals surface area contributed by atoms with Crippen molar-refractivity contribution >= 4 is 5.91 Å². The number of fused-ring (bicyclic) bond motifs is 1. The van der Waals surface area contributed by atoms with Crippen molar-refractivity contribution in [1.82, 2.24) is 9.88 Å². The van der Waals surface area contributed by atoms with Crippen molar-refractivity contribution in [3.05, 3.63) is 30.1 Å². The first kappa shape index (κ1) is 16.0. The SMILES string of the molecule is O=C(Cc1ccccn1)N1CC[C@@H]2OC(COCC3CC3)CC[C@@H]21. The number of hydrogen-bond donors (Lipinski definition) is 0. The van der Waals surface area contributed by atoms with Crippen LogP contribution in [-0.2, 0) is 20.7 Å². The van der Waals surface area contributed by atoms with Gasteiger partial charge in [0.1, 0.15) is 0 Å². The predicted molar refractivity (Wildman–Crippen MR) is 89.5 cm³/mol. The molecule has 24 heavy (non-hydrogen) atoms. The van der Waals surface area contributed by atoms with Gasteiger partial charge < -0.3 is 14.4 Å². The van der Waals surface area contributed by atoms with Crippen LogP contribution in [0.1, 0.15) is 37.8 Å². The number of carbonyl (C=O) groups excluding carboxylic acids is 1. The average Bonchev–Trinajstić information content (AvgIpc) is 3.32. The maximum atomic E-state index is 12.6. The first-order valence-corrected chi connectivity index (χ1v) is 9.22. The normalized spacial score (nSPS) is 29.5. The van der Waals surface area contributed by atoms with E-state index >= 15 is 0 Å². The minimum Gasteiger partial charge on any atom is -0.378 e. The highest BCUT2D eigenvalue weighted by Gasteiger charge is 2.41. The number of amides is 1. The third-order valence-electron chi connectivity index (χ3n) is 5.37. The lowest BCUT2D eigenvalue weighted by atomic mass is 9.99. The topological polar surface area (TPSA) is 51.7 Å². The average molecular weight is 330 g/mol. The van der Waals surface area contributed by atoms with Crippen LogP contribution in [0.3, 0.4) is 0 Å². The number of rotatable bonds is 6. The van der Waals surface area contributed by atoms with Crippen LogP contribution in [0.25, 0.3) is 0 Å². The van der Waals surface area contributed by atoms with Gasteiger partial charge in [0.25, 0.3) is 0 Å². The summed E-state index contributed by atoms with van der Waals surface area (Å²) in [5, 5.41) is 0. The fourth-order valence-electron chi connectivity index (χ4n) is 3.84. The van der Waals surface area contributed by atoms with Crippen molar-refractivity contribution in [3.63, 3.8) is 0 Å². The van der Waals surface area contributed by atoms with Crippen molar-refractivity contribution < 1.29 is 14.3 Å². The molecule has 4 rings (SSSR count). The van der Waals surface area contributed by atoms with Crippen LogP contribution in [0.5, 0.6) is 0 Å². The zero-order valence-corrected chi connectivity index (χ0v) is 14.1. The van der Waals surface area contributed by atoms with Crippen molar-refractivity contribution in [2.75, 3.05) is 19.8 Å². The van der Waals surface area contributed by atoms with E-state index in [9.17, 15) is 4.79 Å². The summed E-state index contributed by atoms with van der Waals surface area (Å²) in [6.45, 7) is 2.40. The van der Waals surface area contributed by atoms with Gasteiger partial charge in [0.2, 0.25) is 5.91 Å². The number of ether oxygens (including phenoxy) is 2. The van der Waals surface area contributed by atoms with Gasteiger partial charge in [-0.1, -0.05) is 6.07 Å². The Morgan fingerprint density at radius 1 is 1.21 bits per heavy atom. The third-order valence-corrected chi connectivity index (χ3v) is 5.37. The molecule has 1 aromatic rings. The highest BCUT2D eigenvalue weighted by atomic mass is 16.5. The molecule has 3 aliphatic rings. The molecule has 130 valence electrons. The van der Waals surface area contributed by atoms with Gasteiger partial charge in [0, 0.05) is 25.0 Å². The van der Waals surface area contributed by atoms with Gasteiger partial charge in [-0.2, -0.15) is 0 Å². The first-order valence-electron chi connectivity index (χ1n) is 9.22. The predicted octanol–water partition coefficient (Wildman–Crippen LogP) is 2.20. The zero-order chi connectivity index (χ0) is 16.4. The highest BCUT2D eigenvalue weighted by Crippen LogP contribution is 2.33. The Balaban J connectivity index is 1.27. The van der Waals surface area contributed by atoms with Crippen molar-refractivity contribution in [2.24, 2.45) is 5.92 Å². The molecular weight excluding hydrogens is 304 g/mol. The molecule has 1 aromatic heterocycles. The van der Waals surface area contributed by atoms with E-state index in [4.69, 9.17) is 9.47 Å². The number of hydrogen-bond acceptors (Lipinski definition) is 4. The second kappa shape index (κ2) is 7.19. The summed E-state index contributed by atoms with van der Waals surface area (Å²) in [5.74, 6) is 0.973. The Morgan fingerprint density at radius 2 is 2.12 bits per heavy atom. The fourth-order valence-corrected chi connectivity index (χ4v) is 3.84.